The highest BCUT2D eigenvalue weighted by atomic mass is 32.1. The van der Waals surface area contributed by atoms with E-state index in [9.17, 15) is 4.79 Å². The fourth-order valence-electron chi connectivity index (χ4n) is 1.35. The van der Waals surface area contributed by atoms with Crippen LogP contribution < -0.4 is 10.6 Å². The quantitative estimate of drug-likeness (QED) is 0.848. The van der Waals surface area contributed by atoms with Crippen molar-refractivity contribution in [2.24, 2.45) is 0 Å². The van der Waals surface area contributed by atoms with Crippen LogP contribution in [-0.2, 0) is 4.79 Å². The first-order chi connectivity index (χ1) is 7.38. The molecule has 1 amide bonds. The van der Waals surface area contributed by atoms with Crippen LogP contribution in [0.15, 0.2) is 17.5 Å². The second kappa shape index (κ2) is 5.46. The van der Waals surface area contributed by atoms with E-state index in [0.717, 1.165) is 0 Å². The summed E-state index contributed by atoms with van der Waals surface area (Å²) in [4.78, 5) is 12.8. The summed E-state index contributed by atoms with van der Waals surface area (Å²) >= 11 is 1.70. The Morgan fingerprint density at radius 3 is 2.69 bits per heavy atom. The van der Waals surface area contributed by atoms with Crippen LogP contribution in [0, 0.1) is 0 Å². The van der Waals surface area contributed by atoms with Crippen LogP contribution in [0.25, 0.3) is 0 Å². The van der Waals surface area contributed by atoms with Crippen molar-refractivity contribution in [2.75, 3.05) is 6.54 Å². The van der Waals surface area contributed by atoms with E-state index in [1.165, 1.54) is 4.88 Å². The Morgan fingerprint density at radius 1 is 1.50 bits per heavy atom. The SMILES string of the molecule is C[C@H](NCC(=O)NC(C)(C)C)c1cccs1. The minimum absolute atomic E-state index is 0.0379. The smallest absolute Gasteiger partial charge is 0.234 e. The Hall–Kier alpha value is -0.870. The van der Waals surface area contributed by atoms with Crippen LogP contribution in [0.5, 0.6) is 0 Å². The summed E-state index contributed by atoms with van der Waals surface area (Å²) in [7, 11) is 0. The average Bonchev–Trinajstić information content (AvgIpc) is 2.64. The first-order valence-corrected chi connectivity index (χ1v) is 6.34. The van der Waals surface area contributed by atoms with Crippen molar-refractivity contribution in [1.29, 1.82) is 0 Å². The third kappa shape index (κ3) is 4.77. The number of hydrogen-bond donors (Lipinski definition) is 2. The number of carbonyl (C=O) groups is 1. The van der Waals surface area contributed by atoms with Crippen molar-refractivity contribution in [3.05, 3.63) is 22.4 Å². The molecule has 2 N–H and O–H groups in total. The number of rotatable bonds is 4. The lowest BCUT2D eigenvalue weighted by atomic mass is 10.1. The van der Waals surface area contributed by atoms with Gasteiger partial charge in [-0.2, -0.15) is 0 Å². The molecule has 0 bridgehead atoms. The van der Waals surface area contributed by atoms with Gasteiger partial charge in [0.15, 0.2) is 0 Å². The Morgan fingerprint density at radius 2 is 2.19 bits per heavy atom. The molecule has 0 radical (unpaired) electrons. The molecule has 0 saturated heterocycles. The second-order valence-corrected chi connectivity index (χ2v) is 5.90. The van der Waals surface area contributed by atoms with Gasteiger partial charge in [0.1, 0.15) is 0 Å². The maximum Gasteiger partial charge on any atom is 0.234 e. The Balaban J connectivity index is 2.32. The molecule has 3 nitrogen and oxygen atoms in total. The van der Waals surface area contributed by atoms with Gasteiger partial charge in [-0.15, -0.1) is 11.3 Å². The maximum atomic E-state index is 11.6. The first-order valence-electron chi connectivity index (χ1n) is 5.46. The molecule has 1 atom stereocenters. The van der Waals surface area contributed by atoms with Crippen LogP contribution in [0.1, 0.15) is 38.6 Å². The van der Waals surface area contributed by atoms with Gasteiger partial charge in [0, 0.05) is 16.5 Å². The molecule has 0 aliphatic carbocycles. The summed E-state index contributed by atoms with van der Waals surface area (Å²) in [6, 6.07) is 4.32. The van der Waals surface area contributed by atoms with Crippen LogP contribution in [-0.4, -0.2) is 18.0 Å². The van der Waals surface area contributed by atoms with E-state index in [0.29, 0.717) is 6.54 Å². The molecule has 90 valence electrons. The van der Waals surface area contributed by atoms with E-state index in [1.54, 1.807) is 11.3 Å². The molecule has 1 heterocycles. The Bertz CT molecular complexity index is 327. The molecule has 1 rings (SSSR count). The van der Waals surface area contributed by atoms with Gasteiger partial charge in [-0.1, -0.05) is 6.07 Å². The van der Waals surface area contributed by atoms with Crippen LogP contribution in [0.4, 0.5) is 0 Å². The van der Waals surface area contributed by atoms with Crippen molar-refractivity contribution in [1.82, 2.24) is 10.6 Å². The average molecular weight is 240 g/mol. The first kappa shape index (κ1) is 13.2. The van der Waals surface area contributed by atoms with Gasteiger partial charge in [-0.05, 0) is 39.1 Å². The van der Waals surface area contributed by atoms with Gasteiger partial charge >= 0.3 is 0 Å². The Kier molecular flexibility index (Phi) is 4.50. The summed E-state index contributed by atoms with van der Waals surface area (Å²) in [6.07, 6.45) is 0. The largest absolute Gasteiger partial charge is 0.350 e. The van der Waals surface area contributed by atoms with E-state index in [-0.39, 0.29) is 17.5 Å². The van der Waals surface area contributed by atoms with Crippen LogP contribution in [0.2, 0.25) is 0 Å². The molecule has 0 aromatic carbocycles. The minimum atomic E-state index is -0.162. The number of thiophene rings is 1. The molecule has 16 heavy (non-hydrogen) atoms. The topological polar surface area (TPSA) is 41.1 Å². The molecule has 0 aliphatic rings. The third-order valence-electron chi connectivity index (χ3n) is 2.05. The maximum absolute atomic E-state index is 11.6. The third-order valence-corrected chi connectivity index (χ3v) is 3.11. The molecule has 0 spiro atoms. The molecular formula is C12H20N2OS. The molecule has 4 heteroatoms. The molecule has 1 aromatic rings. The lowest BCUT2D eigenvalue weighted by Crippen LogP contribution is -2.45. The highest BCUT2D eigenvalue weighted by Crippen LogP contribution is 2.17. The Labute approximate surface area is 101 Å². The highest BCUT2D eigenvalue weighted by molar-refractivity contribution is 7.10. The summed E-state index contributed by atoms with van der Waals surface area (Å²) in [5.41, 5.74) is -0.162. The van der Waals surface area contributed by atoms with E-state index in [1.807, 2.05) is 32.2 Å². The van der Waals surface area contributed by atoms with Crippen molar-refractivity contribution in [2.45, 2.75) is 39.3 Å². The predicted octanol–water partition coefficient (Wildman–Crippen LogP) is 2.31. The fraction of sp³-hybridized carbons (Fsp3) is 0.583. The van der Waals surface area contributed by atoms with Gasteiger partial charge in [0.2, 0.25) is 5.91 Å². The molecule has 0 aliphatic heterocycles. The zero-order chi connectivity index (χ0) is 12.2. The van der Waals surface area contributed by atoms with Crippen LogP contribution in [0.3, 0.4) is 0 Å². The van der Waals surface area contributed by atoms with E-state index >= 15 is 0 Å². The molecule has 0 fully saturated rings. The monoisotopic (exact) mass is 240 g/mol. The number of carbonyl (C=O) groups excluding carboxylic acids is 1. The van der Waals surface area contributed by atoms with Crippen molar-refractivity contribution < 1.29 is 4.79 Å². The van der Waals surface area contributed by atoms with Gasteiger partial charge in [-0.25, -0.2) is 0 Å². The standard InChI is InChI=1S/C12H20N2OS/c1-9(10-6-5-7-16-10)13-8-11(15)14-12(2,3)4/h5-7,9,13H,8H2,1-4H3,(H,14,15)/t9-/m0/s1. The highest BCUT2D eigenvalue weighted by Gasteiger charge is 2.14. The summed E-state index contributed by atoms with van der Waals surface area (Å²) < 4.78 is 0. The zero-order valence-electron chi connectivity index (χ0n) is 10.3. The van der Waals surface area contributed by atoms with Crippen molar-refractivity contribution in [3.8, 4) is 0 Å². The van der Waals surface area contributed by atoms with Gasteiger partial charge in [-0.3, -0.25) is 4.79 Å². The number of amides is 1. The molecule has 0 unspecified atom stereocenters. The zero-order valence-corrected chi connectivity index (χ0v) is 11.1. The van der Waals surface area contributed by atoms with Crippen LogP contribution >= 0.6 is 11.3 Å². The predicted molar refractivity (Wildman–Crippen MR) is 68.6 cm³/mol. The molecule has 0 saturated carbocycles. The van der Waals surface area contributed by atoms with Gasteiger partial charge < -0.3 is 10.6 Å². The summed E-state index contributed by atoms with van der Waals surface area (Å²) in [6.45, 7) is 8.36. The van der Waals surface area contributed by atoms with Crippen molar-refractivity contribution in [3.63, 3.8) is 0 Å². The lowest BCUT2D eigenvalue weighted by Gasteiger charge is -2.21. The normalized spacial score (nSPS) is 13.5. The van der Waals surface area contributed by atoms with Gasteiger partial charge in [0.25, 0.3) is 0 Å². The minimum Gasteiger partial charge on any atom is -0.350 e. The lowest BCUT2D eigenvalue weighted by molar-refractivity contribution is -0.121. The molecule has 1 aromatic heterocycles. The summed E-state index contributed by atoms with van der Waals surface area (Å²) in [5.74, 6) is 0.0379. The van der Waals surface area contributed by atoms with E-state index < -0.39 is 0 Å². The second-order valence-electron chi connectivity index (χ2n) is 4.92. The molecular weight excluding hydrogens is 220 g/mol. The van der Waals surface area contributed by atoms with E-state index in [4.69, 9.17) is 0 Å². The number of nitrogens with one attached hydrogen (secondary N) is 2. The van der Waals surface area contributed by atoms with E-state index in [2.05, 4.69) is 23.6 Å². The fourth-order valence-corrected chi connectivity index (χ4v) is 2.11. The van der Waals surface area contributed by atoms with Gasteiger partial charge in [0.05, 0.1) is 6.54 Å². The summed E-state index contributed by atoms with van der Waals surface area (Å²) in [5, 5.41) is 8.17. The van der Waals surface area contributed by atoms with Crippen molar-refractivity contribution >= 4 is 17.2 Å². The number of hydrogen-bond acceptors (Lipinski definition) is 3.